The molecule has 3 aromatic rings. The lowest BCUT2D eigenvalue weighted by atomic mass is 10.3. The smallest absolute Gasteiger partial charge is 0.241 e. The van der Waals surface area contributed by atoms with E-state index in [1.54, 1.807) is 4.57 Å². The molecule has 1 aromatic carbocycles. The fraction of sp³-hybridized carbons (Fsp3) is 0.409. The average Bonchev–Trinajstić information content (AvgIpc) is 3.59. The van der Waals surface area contributed by atoms with E-state index in [1.165, 1.54) is 23.1 Å². The van der Waals surface area contributed by atoms with E-state index in [9.17, 15) is 4.79 Å². The van der Waals surface area contributed by atoms with E-state index in [0.717, 1.165) is 54.5 Å². The van der Waals surface area contributed by atoms with Gasteiger partial charge in [-0.2, -0.15) is 15.0 Å². The first-order chi connectivity index (χ1) is 15.9. The van der Waals surface area contributed by atoms with Crippen molar-refractivity contribution in [2.45, 2.75) is 29.8 Å². The van der Waals surface area contributed by atoms with Crippen LogP contribution in [-0.4, -0.2) is 63.6 Å². The predicted molar refractivity (Wildman–Crippen MR) is 129 cm³/mol. The number of amides is 1. The highest BCUT2D eigenvalue weighted by Gasteiger charge is 2.29. The number of nitrogens with zero attached hydrogens (tertiary/aromatic N) is 6. The van der Waals surface area contributed by atoms with Gasteiger partial charge in [-0.05, 0) is 62.8 Å². The second-order valence-corrected chi connectivity index (χ2v) is 10.7. The first kappa shape index (κ1) is 22.1. The molecule has 3 heterocycles. The van der Waals surface area contributed by atoms with Gasteiger partial charge in [0.05, 0.1) is 0 Å². The van der Waals surface area contributed by atoms with Gasteiger partial charge in [0.25, 0.3) is 0 Å². The lowest BCUT2D eigenvalue weighted by molar-refractivity contribution is -0.117. The first-order valence-corrected chi connectivity index (χ1v) is 12.6. The molecule has 0 unspecified atom stereocenters. The minimum Gasteiger partial charge on any atom is -0.338 e. The van der Waals surface area contributed by atoms with Crippen molar-refractivity contribution in [3.63, 3.8) is 0 Å². The number of hydrogen-bond donors (Lipinski definition) is 2. The van der Waals surface area contributed by atoms with Gasteiger partial charge in [0.1, 0.15) is 0 Å². The zero-order valence-corrected chi connectivity index (χ0v) is 20.2. The summed E-state index contributed by atoms with van der Waals surface area (Å²) in [5.74, 6) is 1.38. The molecule has 2 fully saturated rings. The van der Waals surface area contributed by atoms with Crippen molar-refractivity contribution in [2.75, 3.05) is 43.4 Å². The first-order valence-electron chi connectivity index (χ1n) is 11.0. The van der Waals surface area contributed by atoms with Crippen LogP contribution in [0.1, 0.15) is 17.7 Å². The highest BCUT2D eigenvalue weighted by molar-refractivity contribution is 7.99. The summed E-state index contributed by atoms with van der Waals surface area (Å²) < 4.78 is 1.71. The Balaban J connectivity index is 1.41. The molecule has 2 N–H and O–H groups in total. The Hall–Kier alpha value is -2.76. The second-order valence-electron chi connectivity index (χ2n) is 8.42. The summed E-state index contributed by atoms with van der Waals surface area (Å²) in [4.78, 5) is 33.0. The number of benzene rings is 1. The van der Waals surface area contributed by atoms with E-state index in [1.807, 2.05) is 37.4 Å². The molecule has 9 nitrogen and oxygen atoms in total. The van der Waals surface area contributed by atoms with Crippen LogP contribution in [0.3, 0.4) is 0 Å². The number of anilines is 2. The Morgan fingerprint density at radius 1 is 1.09 bits per heavy atom. The summed E-state index contributed by atoms with van der Waals surface area (Å²) in [6.07, 6.45) is 3.86. The van der Waals surface area contributed by atoms with Crippen molar-refractivity contribution in [3.8, 4) is 5.95 Å². The summed E-state index contributed by atoms with van der Waals surface area (Å²) in [6.45, 7) is 5.57. The molecule has 1 aliphatic heterocycles. The molecule has 2 aromatic heterocycles. The Bertz CT molecular complexity index is 1210. The number of likely N-dealkylation sites (N-methyl/N-ethyl adjacent to an activating group) is 1. The van der Waals surface area contributed by atoms with E-state index >= 15 is 0 Å². The van der Waals surface area contributed by atoms with Crippen molar-refractivity contribution in [3.05, 3.63) is 40.1 Å². The summed E-state index contributed by atoms with van der Waals surface area (Å²) in [7, 11) is 2.12. The quantitative estimate of drug-likeness (QED) is 0.557. The van der Waals surface area contributed by atoms with Crippen LogP contribution in [0, 0.1) is 18.3 Å². The van der Waals surface area contributed by atoms with Crippen molar-refractivity contribution < 1.29 is 4.79 Å². The van der Waals surface area contributed by atoms with Crippen LogP contribution in [0.5, 0.6) is 0 Å². The lowest BCUT2D eigenvalue weighted by Crippen LogP contribution is -2.45. The maximum absolute atomic E-state index is 12.0. The molecule has 0 spiro atoms. The molecule has 11 heteroatoms. The van der Waals surface area contributed by atoms with Gasteiger partial charge in [-0.15, -0.1) is 11.3 Å². The predicted octanol–water partition coefficient (Wildman–Crippen LogP) is 2.76. The molecule has 1 amide bonds. The van der Waals surface area contributed by atoms with Crippen molar-refractivity contribution in [2.24, 2.45) is 5.92 Å². The van der Waals surface area contributed by atoms with Crippen LogP contribution >= 0.6 is 23.1 Å². The van der Waals surface area contributed by atoms with Crippen molar-refractivity contribution in [1.29, 1.82) is 5.41 Å². The standard InChI is InChI=1S/C22H26N8OS2/c1-14-13-30(19(23)32-14)21-25-20(29-11-9-28(2)10-12-29)26-22(27-21)33-17-7-5-16(6-8-17)24-18(31)15-3-4-15/h5-8,13,15,23H,3-4,9-12H2,1-2H3,(H,24,31). The Labute approximate surface area is 200 Å². The Morgan fingerprint density at radius 3 is 2.42 bits per heavy atom. The molecular formula is C22H26N8OS2. The third-order valence-electron chi connectivity index (χ3n) is 5.66. The van der Waals surface area contributed by atoms with Crippen molar-refractivity contribution in [1.82, 2.24) is 24.4 Å². The van der Waals surface area contributed by atoms with Crippen LogP contribution in [0.25, 0.3) is 5.95 Å². The molecule has 2 aliphatic rings. The monoisotopic (exact) mass is 482 g/mol. The van der Waals surface area contributed by atoms with E-state index in [4.69, 9.17) is 15.4 Å². The number of piperazine rings is 1. The number of carbonyl (C=O) groups excluding carboxylic acids is 1. The molecule has 1 saturated heterocycles. The normalized spacial score (nSPS) is 16.7. The van der Waals surface area contributed by atoms with Gasteiger partial charge >= 0.3 is 0 Å². The zero-order chi connectivity index (χ0) is 22.9. The summed E-state index contributed by atoms with van der Waals surface area (Å²) in [6, 6.07) is 7.74. The van der Waals surface area contributed by atoms with Gasteiger partial charge in [0.2, 0.25) is 17.8 Å². The van der Waals surface area contributed by atoms with Crippen LogP contribution in [0.4, 0.5) is 11.6 Å². The van der Waals surface area contributed by atoms with E-state index in [0.29, 0.717) is 21.9 Å². The van der Waals surface area contributed by atoms with Crippen LogP contribution < -0.4 is 15.0 Å². The lowest BCUT2D eigenvalue weighted by Gasteiger charge is -2.32. The van der Waals surface area contributed by atoms with Crippen LogP contribution in [0.15, 0.2) is 40.5 Å². The van der Waals surface area contributed by atoms with Crippen LogP contribution in [-0.2, 0) is 4.79 Å². The van der Waals surface area contributed by atoms with Gasteiger partial charge < -0.3 is 15.1 Å². The number of nitrogens with one attached hydrogen (secondary N) is 2. The van der Waals surface area contributed by atoms with Crippen LogP contribution in [0.2, 0.25) is 0 Å². The van der Waals surface area contributed by atoms with Gasteiger partial charge in [0.15, 0.2) is 9.96 Å². The number of hydrogen-bond acceptors (Lipinski definition) is 9. The number of rotatable bonds is 6. The fourth-order valence-electron chi connectivity index (χ4n) is 3.56. The zero-order valence-electron chi connectivity index (χ0n) is 18.6. The summed E-state index contributed by atoms with van der Waals surface area (Å²) in [5.41, 5.74) is 0.800. The number of aryl methyl sites for hydroxylation is 1. The van der Waals surface area contributed by atoms with Gasteiger partial charge in [0, 0.05) is 53.8 Å². The summed E-state index contributed by atoms with van der Waals surface area (Å²) in [5, 5.41) is 11.8. The van der Waals surface area contributed by atoms with E-state index < -0.39 is 0 Å². The number of thiazole rings is 1. The maximum atomic E-state index is 12.0. The minimum atomic E-state index is 0.101. The number of carbonyl (C=O) groups is 1. The minimum absolute atomic E-state index is 0.101. The third kappa shape index (κ3) is 5.26. The molecule has 5 rings (SSSR count). The maximum Gasteiger partial charge on any atom is 0.241 e. The van der Waals surface area contributed by atoms with Gasteiger partial charge in [-0.1, -0.05) is 0 Å². The molecule has 172 valence electrons. The van der Waals surface area contributed by atoms with Gasteiger partial charge in [-0.3, -0.25) is 14.8 Å². The largest absolute Gasteiger partial charge is 0.338 e. The van der Waals surface area contributed by atoms with E-state index in [-0.39, 0.29) is 11.8 Å². The van der Waals surface area contributed by atoms with E-state index in [2.05, 4.69) is 27.1 Å². The SMILES string of the molecule is Cc1cn(-c2nc(Sc3ccc(NC(=O)C4CC4)cc3)nc(N3CCN(C)CC3)n2)c(=N)s1. The highest BCUT2D eigenvalue weighted by Crippen LogP contribution is 2.31. The van der Waals surface area contributed by atoms with Gasteiger partial charge in [-0.25, -0.2) is 0 Å². The Morgan fingerprint density at radius 2 is 1.79 bits per heavy atom. The second kappa shape index (κ2) is 9.24. The summed E-state index contributed by atoms with van der Waals surface area (Å²) >= 11 is 2.85. The fourth-order valence-corrected chi connectivity index (χ4v) is 4.99. The Kier molecular flexibility index (Phi) is 6.17. The third-order valence-corrected chi connectivity index (χ3v) is 7.35. The highest BCUT2D eigenvalue weighted by atomic mass is 32.2. The topological polar surface area (TPSA) is 103 Å². The molecule has 1 saturated carbocycles. The molecule has 0 atom stereocenters. The molecular weight excluding hydrogens is 456 g/mol. The molecule has 33 heavy (non-hydrogen) atoms. The number of aromatic nitrogens is 4. The molecule has 0 bridgehead atoms. The molecule has 1 aliphatic carbocycles. The average molecular weight is 483 g/mol. The molecule has 0 radical (unpaired) electrons. The van der Waals surface area contributed by atoms with Crippen molar-refractivity contribution >= 4 is 40.6 Å².